The van der Waals surface area contributed by atoms with E-state index in [1.807, 2.05) is 13.8 Å². The third kappa shape index (κ3) is 3.87. The summed E-state index contributed by atoms with van der Waals surface area (Å²) in [5.74, 6) is 0.690. The van der Waals surface area contributed by atoms with Crippen LogP contribution in [0.3, 0.4) is 0 Å². The summed E-state index contributed by atoms with van der Waals surface area (Å²) in [7, 11) is 0. The van der Waals surface area contributed by atoms with Crippen molar-refractivity contribution in [3.8, 4) is 0 Å². The SMILES string of the molecule is CC(C)NC(=O)N(CC1CCNCC1)C1CC1. The van der Waals surface area contributed by atoms with E-state index in [1.165, 1.54) is 25.7 Å². The van der Waals surface area contributed by atoms with Crippen molar-refractivity contribution in [2.45, 2.75) is 51.6 Å². The molecule has 0 aromatic carbocycles. The first-order chi connectivity index (χ1) is 8.16. The first-order valence-electron chi connectivity index (χ1n) is 6.94. The van der Waals surface area contributed by atoms with Crippen LogP contribution in [0.25, 0.3) is 0 Å². The lowest BCUT2D eigenvalue weighted by atomic mass is 9.97. The summed E-state index contributed by atoms with van der Waals surface area (Å²) in [4.78, 5) is 14.2. The summed E-state index contributed by atoms with van der Waals surface area (Å²) in [6.45, 7) is 7.20. The van der Waals surface area contributed by atoms with Crippen LogP contribution in [-0.2, 0) is 0 Å². The first kappa shape index (κ1) is 12.7. The second-order valence-electron chi connectivity index (χ2n) is 5.68. The molecule has 2 N–H and O–H groups in total. The van der Waals surface area contributed by atoms with E-state index in [0.717, 1.165) is 19.6 Å². The molecule has 0 unspecified atom stereocenters. The second-order valence-corrected chi connectivity index (χ2v) is 5.68. The highest BCUT2D eigenvalue weighted by atomic mass is 16.2. The normalized spacial score (nSPS) is 21.6. The van der Waals surface area contributed by atoms with Crippen LogP contribution in [-0.4, -0.2) is 42.6 Å². The number of nitrogens with zero attached hydrogens (tertiary/aromatic N) is 1. The fourth-order valence-electron chi connectivity index (χ4n) is 2.46. The van der Waals surface area contributed by atoms with E-state index in [4.69, 9.17) is 0 Å². The van der Waals surface area contributed by atoms with Crippen molar-refractivity contribution in [1.29, 1.82) is 0 Å². The lowest BCUT2D eigenvalue weighted by Crippen LogP contribution is -2.47. The number of carbonyl (C=O) groups is 1. The Kier molecular flexibility index (Phi) is 4.26. The molecule has 0 atom stereocenters. The smallest absolute Gasteiger partial charge is 0.317 e. The van der Waals surface area contributed by atoms with Crippen LogP contribution >= 0.6 is 0 Å². The van der Waals surface area contributed by atoms with E-state index < -0.39 is 0 Å². The summed E-state index contributed by atoms with van der Waals surface area (Å²) < 4.78 is 0. The highest BCUT2D eigenvalue weighted by Gasteiger charge is 2.34. The van der Waals surface area contributed by atoms with Crippen molar-refractivity contribution < 1.29 is 4.79 Å². The van der Waals surface area contributed by atoms with Crippen LogP contribution < -0.4 is 10.6 Å². The summed E-state index contributed by atoms with van der Waals surface area (Å²) in [5, 5.41) is 6.40. The molecule has 1 aliphatic heterocycles. The highest BCUT2D eigenvalue weighted by Crippen LogP contribution is 2.29. The van der Waals surface area contributed by atoms with Gasteiger partial charge in [-0.05, 0) is 58.5 Å². The molecule has 98 valence electrons. The van der Waals surface area contributed by atoms with Gasteiger partial charge in [0.2, 0.25) is 0 Å². The minimum Gasteiger partial charge on any atom is -0.336 e. The van der Waals surface area contributed by atoms with Gasteiger partial charge in [0, 0.05) is 18.6 Å². The Labute approximate surface area is 104 Å². The van der Waals surface area contributed by atoms with Crippen molar-refractivity contribution in [2.24, 2.45) is 5.92 Å². The van der Waals surface area contributed by atoms with E-state index in [-0.39, 0.29) is 12.1 Å². The number of hydrogen-bond donors (Lipinski definition) is 2. The van der Waals surface area contributed by atoms with Crippen LogP contribution in [0.15, 0.2) is 0 Å². The maximum absolute atomic E-state index is 12.1. The zero-order valence-electron chi connectivity index (χ0n) is 11.0. The molecule has 1 saturated heterocycles. The first-order valence-corrected chi connectivity index (χ1v) is 6.94. The number of urea groups is 1. The summed E-state index contributed by atoms with van der Waals surface area (Å²) in [6.07, 6.45) is 4.79. The second kappa shape index (κ2) is 5.71. The molecule has 17 heavy (non-hydrogen) atoms. The Morgan fingerprint density at radius 2 is 1.94 bits per heavy atom. The lowest BCUT2D eigenvalue weighted by Gasteiger charge is -2.31. The number of piperidine rings is 1. The molecule has 0 radical (unpaired) electrons. The predicted molar refractivity (Wildman–Crippen MR) is 69.0 cm³/mol. The number of nitrogens with one attached hydrogen (secondary N) is 2. The van der Waals surface area contributed by atoms with Gasteiger partial charge < -0.3 is 15.5 Å². The Morgan fingerprint density at radius 1 is 1.29 bits per heavy atom. The minimum atomic E-state index is 0.140. The van der Waals surface area contributed by atoms with E-state index in [9.17, 15) is 4.79 Å². The van der Waals surface area contributed by atoms with E-state index in [1.54, 1.807) is 0 Å². The lowest BCUT2D eigenvalue weighted by molar-refractivity contribution is 0.174. The van der Waals surface area contributed by atoms with Gasteiger partial charge in [0.25, 0.3) is 0 Å². The van der Waals surface area contributed by atoms with Gasteiger partial charge in [-0.2, -0.15) is 0 Å². The van der Waals surface area contributed by atoms with E-state index in [2.05, 4.69) is 15.5 Å². The molecule has 1 heterocycles. The quantitative estimate of drug-likeness (QED) is 0.782. The Hall–Kier alpha value is -0.770. The molecular weight excluding hydrogens is 214 g/mol. The monoisotopic (exact) mass is 239 g/mol. The molecule has 2 rings (SSSR count). The van der Waals surface area contributed by atoms with Crippen molar-refractivity contribution in [3.05, 3.63) is 0 Å². The van der Waals surface area contributed by atoms with Crippen molar-refractivity contribution in [3.63, 3.8) is 0 Å². The molecule has 4 heteroatoms. The van der Waals surface area contributed by atoms with Gasteiger partial charge in [-0.15, -0.1) is 0 Å². The van der Waals surface area contributed by atoms with E-state index >= 15 is 0 Å². The summed E-state index contributed by atoms with van der Waals surface area (Å²) >= 11 is 0. The summed E-state index contributed by atoms with van der Waals surface area (Å²) in [6, 6.07) is 0.890. The third-order valence-corrected chi connectivity index (χ3v) is 3.57. The van der Waals surface area contributed by atoms with Crippen LogP contribution in [0.1, 0.15) is 39.5 Å². The average Bonchev–Trinajstić information content (AvgIpc) is 3.10. The average molecular weight is 239 g/mol. The molecule has 1 saturated carbocycles. The van der Waals surface area contributed by atoms with Crippen LogP contribution in [0, 0.1) is 5.92 Å². The van der Waals surface area contributed by atoms with Crippen LogP contribution in [0.5, 0.6) is 0 Å². The molecule has 0 bridgehead atoms. The predicted octanol–water partition coefficient (Wildman–Crippen LogP) is 1.57. The minimum absolute atomic E-state index is 0.140. The molecule has 2 fully saturated rings. The van der Waals surface area contributed by atoms with Gasteiger partial charge in [-0.1, -0.05) is 0 Å². The van der Waals surface area contributed by atoms with Gasteiger partial charge in [0.05, 0.1) is 0 Å². The van der Waals surface area contributed by atoms with Crippen LogP contribution in [0.2, 0.25) is 0 Å². The Bertz CT molecular complexity index is 257. The number of hydrogen-bond acceptors (Lipinski definition) is 2. The molecule has 0 aromatic heterocycles. The third-order valence-electron chi connectivity index (χ3n) is 3.57. The summed E-state index contributed by atoms with van der Waals surface area (Å²) in [5.41, 5.74) is 0. The Morgan fingerprint density at radius 3 is 2.47 bits per heavy atom. The van der Waals surface area contributed by atoms with E-state index in [0.29, 0.717) is 12.0 Å². The molecule has 1 aliphatic carbocycles. The molecule has 0 aromatic rings. The van der Waals surface area contributed by atoms with Crippen LogP contribution in [0.4, 0.5) is 4.79 Å². The fraction of sp³-hybridized carbons (Fsp3) is 0.923. The van der Waals surface area contributed by atoms with Gasteiger partial charge in [-0.3, -0.25) is 0 Å². The number of rotatable bonds is 4. The molecule has 2 amide bonds. The number of amides is 2. The zero-order valence-corrected chi connectivity index (χ0v) is 11.0. The molecule has 0 spiro atoms. The zero-order chi connectivity index (χ0) is 12.3. The van der Waals surface area contributed by atoms with Gasteiger partial charge >= 0.3 is 6.03 Å². The molecular formula is C13H25N3O. The van der Waals surface area contributed by atoms with Crippen molar-refractivity contribution in [1.82, 2.24) is 15.5 Å². The largest absolute Gasteiger partial charge is 0.336 e. The molecule has 2 aliphatic rings. The van der Waals surface area contributed by atoms with Gasteiger partial charge in [0.15, 0.2) is 0 Å². The van der Waals surface area contributed by atoms with Crippen molar-refractivity contribution >= 4 is 6.03 Å². The maximum Gasteiger partial charge on any atom is 0.317 e. The van der Waals surface area contributed by atoms with Gasteiger partial charge in [0.1, 0.15) is 0 Å². The standard InChI is InChI=1S/C13H25N3O/c1-10(2)15-13(17)16(12-3-4-12)9-11-5-7-14-8-6-11/h10-12,14H,3-9H2,1-2H3,(H,15,17). The van der Waals surface area contributed by atoms with Gasteiger partial charge in [-0.25, -0.2) is 4.79 Å². The van der Waals surface area contributed by atoms with Crippen molar-refractivity contribution in [2.75, 3.05) is 19.6 Å². The highest BCUT2D eigenvalue weighted by molar-refractivity contribution is 5.75. The Balaban J connectivity index is 1.85. The molecule has 4 nitrogen and oxygen atoms in total. The fourth-order valence-corrected chi connectivity index (χ4v) is 2.46. The maximum atomic E-state index is 12.1. The topological polar surface area (TPSA) is 44.4 Å². The number of carbonyl (C=O) groups excluding carboxylic acids is 1.